The van der Waals surface area contributed by atoms with Crippen LogP contribution in [0.15, 0.2) is 0 Å². The highest BCUT2D eigenvalue weighted by atomic mass is 79.9. The molecule has 1 amide bonds. The molecule has 1 saturated carbocycles. The Balaban J connectivity index is 1.88. The number of aryl methyl sites for hydroxylation is 1. The number of nitrogens with one attached hydrogen (secondary N) is 1. The summed E-state index contributed by atoms with van der Waals surface area (Å²) in [6.45, 7) is 5.56. The van der Waals surface area contributed by atoms with Gasteiger partial charge in [-0.15, -0.1) is 11.3 Å². The third-order valence-corrected chi connectivity index (χ3v) is 7.97. The molecule has 1 aromatic rings. The number of rotatable bonds is 4. The summed E-state index contributed by atoms with van der Waals surface area (Å²) in [5.74, 6) is -0.413. The highest BCUT2D eigenvalue weighted by molar-refractivity contribution is 9.25. The van der Waals surface area contributed by atoms with Gasteiger partial charge in [-0.25, -0.2) is 4.79 Å². The molecule has 126 valence electrons. The molecular formula is C16H19Br2NO3S. The molecule has 0 radical (unpaired) electrons. The van der Waals surface area contributed by atoms with E-state index in [-0.39, 0.29) is 21.2 Å². The number of amides is 1. The van der Waals surface area contributed by atoms with E-state index in [1.165, 1.54) is 16.2 Å². The summed E-state index contributed by atoms with van der Waals surface area (Å²) in [4.78, 5) is 26.3. The van der Waals surface area contributed by atoms with Crippen molar-refractivity contribution in [3.05, 3.63) is 16.0 Å². The van der Waals surface area contributed by atoms with Gasteiger partial charge >= 0.3 is 5.97 Å². The van der Waals surface area contributed by atoms with Gasteiger partial charge in [0.05, 0.1) is 20.3 Å². The SMILES string of the molecule is CC(C)OC(=O)c1c(NC(=O)[C@@]2(C)CC2(Br)Br)sc2c1CCC2. The van der Waals surface area contributed by atoms with Crippen molar-refractivity contribution in [2.24, 2.45) is 5.41 Å². The predicted molar refractivity (Wildman–Crippen MR) is 98.8 cm³/mol. The molecule has 23 heavy (non-hydrogen) atoms. The lowest BCUT2D eigenvalue weighted by atomic mass is 10.1. The number of fused-ring (bicyclic) bond motifs is 1. The molecule has 2 aliphatic carbocycles. The molecule has 0 bridgehead atoms. The number of alkyl halides is 2. The smallest absolute Gasteiger partial charge is 0.341 e. The van der Waals surface area contributed by atoms with Crippen molar-refractivity contribution in [2.45, 2.75) is 55.8 Å². The minimum atomic E-state index is -0.513. The monoisotopic (exact) mass is 463 g/mol. The summed E-state index contributed by atoms with van der Waals surface area (Å²) >= 11 is 8.54. The number of ether oxygens (including phenoxy) is 1. The molecule has 1 atom stereocenters. The Morgan fingerprint density at radius 1 is 1.30 bits per heavy atom. The molecule has 1 fully saturated rings. The van der Waals surface area contributed by atoms with E-state index in [4.69, 9.17) is 4.74 Å². The third-order valence-electron chi connectivity index (χ3n) is 4.45. The van der Waals surface area contributed by atoms with Gasteiger partial charge in [0.15, 0.2) is 0 Å². The van der Waals surface area contributed by atoms with Gasteiger partial charge in [0.25, 0.3) is 0 Å². The fourth-order valence-corrected chi connectivity index (χ4v) is 5.62. The van der Waals surface area contributed by atoms with Crippen LogP contribution in [-0.4, -0.2) is 21.2 Å². The lowest BCUT2D eigenvalue weighted by Crippen LogP contribution is -2.26. The summed E-state index contributed by atoms with van der Waals surface area (Å²) in [6, 6.07) is 0. The van der Waals surface area contributed by atoms with E-state index in [1.807, 2.05) is 20.8 Å². The standard InChI is InChI=1S/C16H19Br2NO3S/c1-8(2)22-13(20)11-9-5-4-6-10(9)23-12(11)19-14(21)15(3)7-16(15,17)18/h8H,4-7H2,1-3H3,(H,19,21)/t15-/m1/s1. The van der Waals surface area contributed by atoms with Crippen LogP contribution in [0, 0.1) is 5.41 Å². The van der Waals surface area contributed by atoms with Crippen molar-refractivity contribution in [1.29, 1.82) is 0 Å². The van der Waals surface area contributed by atoms with E-state index in [9.17, 15) is 9.59 Å². The Morgan fingerprint density at radius 3 is 2.52 bits per heavy atom. The maximum absolute atomic E-state index is 12.6. The van der Waals surface area contributed by atoms with Crippen LogP contribution < -0.4 is 5.32 Å². The molecule has 0 aliphatic heterocycles. The minimum absolute atomic E-state index is 0.0789. The Labute approximate surface area is 156 Å². The first-order chi connectivity index (χ1) is 10.7. The van der Waals surface area contributed by atoms with E-state index in [2.05, 4.69) is 37.2 Å². The third kappa shape index (κ3) is 3.00. The Bertz CT molecular complexity index is 683. The fraction of sp³-hybridized carbons (Fsp3) is 0.625. The fourth-order valence-electron chi connectivity index (χ4n) is 2.87. The predicted octanol–water partition coefficient (Wildman–Crippen LogP) is 4.64. The largest absolute Gasteiger partial charge is 0.459 e. The maximum atomic E-state index is 12.6. The van der Waals surface area contributed by atoms with Gasteiger partial charge in [0, 0.05) is 4.88 Å². The molecule has 1 N–H and O–H groups in total. The summed E-state index contributed by atoms with van der Waals surface area (Å²) in [7, 11) is 0. The number of carbonyl (C=O) groups excluding carboxylic acids is 2. The van der Waals surface area contributed by atoms with E-state index in [0.29, 0.717) is 17.0 Å². The van der Waals surface area contributed by atoms with Crippen LogP contribution in [0.25, 0.3) is 0 Å². The average molecular weight is 465 g/mol. The molecule has 3 rings (SSSR count). The first-order valence-electron chi connectivity index (χ1n) is 7.70. The normalized spacial score (nSPS) is 24.4. The van der Waals surface area contributed by atoms with Gasteiger partial charge < -0.3 is 10.1 Å². The zero-order chi connectivity index (χ0) is 17.0. The highest BCUT2D eigenvalue weighted by Crippen LogP contribution is 2.66. The number of thiophene rings is 1. The second-order valence-electron chi connectivity index (χ2n) is 6.68. The zero-order valence-electron chi connectivity index (χ0n) is 13.3. The van der Waals surface area contributed by atoms with Crippen LogP contribution in [0.3, 0.4) is 0 Å². The first-order valence-corrected chi connectivity index (χ1v) is 10.1. The van der Waals surface area contributed by atoms with Gasteiger partial charge in [-0.2, -0.15) is 0 Å². The van der Waals surface area contributed by atoms with Gasteiger partial charge in [-0.05, 0) is 52.0 Å². The van der Waals surface area contributed by atoms with Crippen LogP contribution in [0.2, 0.25) is 0 Å². The molecule has 0 unspecified atom stereocenters. The highest BCUT2D eigenvalue weighted by Gasteiger charge is 2.66. The Hall–Kier alpha value is -0.400. The van der Waals surface area contributed by atoms with Crippen LogP contribution in [0.4, 0.5) is 5.00 Å². The molecule has 0 saturated heterocycles. The number of hydrogen-bond acceptors (Lipinski definition) is 4. The number of esters is 1. The van der Waals surface area contributed by atoms with Crippen molar-refractivity contribution in [1.82, 2.24) is 0 Å². The number of hydrogen-bond donors (Lipinski definition) is 1. The van der Waals surface area contributed by atoms with Gasteiger partial charge in [-0.1, -0.05) is 31.9 Å². The minimum Gasteiger partial charge on any atom is -0.459 e. The van der Waals surface area contributed by atoms with Gasteiger partial charge in [0.2, 0.25) is 5.91 Å². The van der Waals surface area contributed by atoms with Crippen molar-refractivity contribution < 1.29 is 14.3 Å². The molecule has 0 aromatic carbocycles. The summed E-state index contributed by atoms with van der Waals surface area (Å²) in [5, 5.41) is 3.60. The second-order valence-corrected chi connectivity index (χ2v) is 11.6. The van der Waals surface area contributed by atoms with Crippen molar-refractivity contribution in [3.8, 4) is 0 Å². The van der Waals surface area contributed by atoms with Gasteiger partial charge in [-0.3, -0.25) is 4.79 Å². The van der Waals surface area contributed by atoms with Crippen molar-refractivity contribution in [2.75, 3.05) is 5.32 Å². The molecular weight excluding hydrogens is 446 g/mol. The van der Waals surface area contributed by atoms with Crippen LogP contribution in [-0.2, 0) is 22.4 Å². The topological polar surface area (TPSA) is 55.4 Å². The van der Waals surface area contributed by atoms with Crippen molar-refractivity contribution in [3.63, 3.8) is 0 Å². The molecule has 2 aliphatic rings. The second kappa shape index (κ2) is 5.85. The van der Waals surface area contributed by atoms with Crippen LogP contribution >= 0.6 is 43.2 Å². The van der Waals surface area contributed by atoms with E-state index < -0.39 is 5.41 Å². The lowest BCUT2D eigenvalue weighted by molar-refractivity contribution is -0.120. The summed E-state index contributed by atoms with van der Waals surface area (Å²) < 4.78 is 5.03. The molecule has 1 aromatic heterocycles. The first kappa shape index (κ1) is 17.4. The zero-order valence-corrected chi connectivity index (χ0v) is 17.3. The van der Waals surface area contributed by atoms with Crippen LogP contribution in [0.1, 0.15) is 54.4 Å². The maximum Gasteiger partial charge on any atom is 0.341 e. The van der Waals surface area contributed by atoms with E-state index in [0.717, 1.165) is 24.8 Å². The molecule has 7 heteroatoms. The van der Waals surface area contributed by atoms with Crippen LogP contribution in [0.5, 0.6) is 0 Å². The number of halogens is 2. The number of carbonyl (C=O) groups is 2. The van der Waals surface area contributed by atoms with E-state index in [1.54, 1.807) is 0 Å². The molecule has 1 heterocycles. The molecule has 0 spiro atoms. The summed E-state index contributed by atoms with van der Waals surface area (Å²) in [5.41, 5.74) is 1.10. The van der Waals surface area contributed by atoms with E-state index >= 15 is 0 Å². The lowest BCUT2D eigenvalue weighted by Gasteiger charge is -2.14. The van der Waals surface area contributed by atoms with Crippen molar-refractivity contribution >= 4 is 60.1 Å². The quantitative estimate of drug-likeness (QED) is 0.521. The van der Waals surface area contributed by atoms with Gasteiger partial charge in [0.1, 0.15) is 5.00 Å². The Morgan fingerprint density at radius 2 is 1.96 bits per heavy atom. The molecule has 4 nitrogen and oxygen atoms in total. The average Bonchev–Trinajstić information content (AvgIpc) is 2.78. The number of anilines is 1. The Kier molecular flexibility index (Phi) is 4.43. The summed E-state index contributed by atoms with van der Waals surface area (Å²) in [6.07, 6.45) is 3.43.